The summed E-state index contributed by atoms with van der Waals surface area (Å²) >= 11 is 0. The Hall–Kier alpha value is -1.71. The number of carbonyl (C=O) groups is 1. The fraction of sp³-hybridized carbons (Fsp3) is 0.364. The molecule has 0 aliphatic heterocycles. The number of anilines is 1. The van der Waals surface area contributed by atoms with Crippen LogP contribution in [0.4, 0.5) is 5.69 Å². The lowest BCUT2D eigenvalue weighted by Gasteiger charge is -2.12. The molecule has 1 aromatic rings. The van der Waals surface area contributed by atoms with Crippen LogP contribution >= 0.6 is 0 Å². The SMILES string of the molecule is CNc1cc(OC)cc(C(=O)N(C)C)c1. The lowest BCUT2D eigenvalue weighted by molar-refractivity contribution is 0.0827. The lowest BCUT2D eigenvalue weighted by atomic mass is 10.1. The van der Waals surface area contributed by atoms with Gasteiger partial charge >= 0.3 is 0 Å². The Bertz CT molecular complexity index is 339. The topological polar surface area (TPSA) is 41.6 Å². The van der Waals surface area contributed by atoms with E-state index in [0.29, 0.717) is 11.3 Å². The van der Waals surface area contributed by atoms with E-state index >= 15 is 0 Å². The average molecular weight is 208 g/mol. The standard InChI is InChI=1S/C11H16N2O2/c1-12-9-5-8(11(14)13(2)3)6-10(7-9)15-4/h5-7,12H,1-4H3. The Labute approximate surface area is 89.8 Å². The van der Waals surface area contributed by atoms with Gasteiger partial charge in [0.25, 0.3) is 5.91 Å². The normalized spacial score (nSPS) is 9.60. The van der Waals surface area contributed by atoms with Crippen molar-refractivity contribution in [3.63, 3.8) is 0 Å². The van der Waals surface area contributed by atoms with Gasteiger partial charge in [-0.05, 0) is 12.1 Å². The van der Waals surface area contributed by atoms with Gasteiger partial charge in [-0.25, -0.2) is 0 Å². The van der Waals surface area contributed by atoms with Crippen LogP contribution < -0.4 is 10.1 Å². The van der Waals surface area contributed by atoms with Gasteiger partial charge in [-0.3, -0.25) is 4.79 Å². The van der Waals surface area contributed by atoms with Crippen molar-refractivity contribution in [3.8, 4) is 5.75 Å². The second-order valence-corrected chi connectivity index (χ2v) is 3.40. The first-order chi connectivity index (χ1) is 7.08. The van der Waals surface area contributed by atoms with Crippen LogP contribution in [0.25, 0.3) is 0 Å². The molecule has 0 saturated carbocycles. The summed E-state index contributed by atoms with van der Waals surface area (Å²) in [6.07, 6.45) is 0. The van der Waals surface area contributed by atoms with E-state index in [2.05, 4.69) is 5.32 Å². The number of nitrogens with zero attached hydrogens (tertiary/aromatic N) is 1. The second-order valence-electron chi connectivity index (χ2n) is 3.40. The van der Waals surface area contributed by atoms with Crippen LogP contribution in [-0.4, -0.2) is 39.1 Å². The van der Waals surface area contributed by atoms with Crippen LogP contribution in [-0.2, 0) is 0 Å². The first-order valence-electron chi connectivity index (χ1n) is 4.67. The fourth-order valence-corrected chi connectivity index (χ4v) is 1.24. The van der Waals surface area contributed by atoms with E-state index in [4.69, 9.17) is 4.74 Å². The highest BCUT2D eigenvalue weighted by atomic mass is 16.5. The molecule has 0 bridgehead atoms. The Balaban J connectivity index is 3.12. The van der Waals surface area contributed by atoms with Gasteiger partial charge in [-0.15, -0.1) is 0 Å². The summed E-state index contributed by atoms with van der Waals surface area (Å²) < 4.78 is 5.12. The largest absolute Gasteiger partial charge is 0.497 e. The van der Waals surface area contributed by atoms with Crippen molar-refractivity contribution < 1.29 is 9.53 Å². The van der Waals surface area contributed by atoms with E-state index < -0.39 is 0 Å². The molecule has 0 fully saturated rings. The molecule has 4 nitrogen and oxygen atoms in total. The van der Waals surface area contributed by atoms with Gasteiger partial charge in [0, 0.05) is 38.5 Å². The highest BCUT2D eigenvalue weighted by Gasteiger charge is 2.10. The van der Waals surface area contributed by atoms with Crippen molar-refractivity contribution in [1.82, 2.24) is 4.90 Å². The molecule has 1 amide bonds. The van der Waals surface area contributed by atoms with E-state index in [1.54, 1.807) is 40.4 Å². The summed E-state index contributed by atoms with van der Waals surface area (Å²) in [5, 5.41) is 2.99. The molecule has 1 rings (SSSR count). The molecular weight excluding hydrogens is 192 g/mol. The Morgan fingerprint density at radius 2 is 2.00 bits per heavy atom. The average Bonchev–Trinajstić information content (AvgIpc) is 2.27. The molecular formula is C11H16N2O2. The van der Waals surface area contributed by atoms with Gasteiger partial charge in [-0.2, -0.15) is 0 Å². The zero-order valence-corrected chi connectivity index (χ0v) is 9.50. The molecule has 1 N–H and O–H groups in total. The van der Waals surface area contributed by atoms with E-state index in [-0.39, 0.29) is 5.91 Å². The van der Waals surface area contributed by atoms with Crippen molar-refractivity contribution in [2.75, 3.05) is 33.6 Å². The maximum atomic E-state index is 11.7. The van der Waals surface area contributed by atoms with Crippen LogP contribution in [0.5, 0.6) is 5.75 Å². The summed E-state index contributed by atoms with van der Waals surface area (Å²) in [6.45, 7) is 0. The van der Waals surface area contributed by atoms with Crippen molar-refractivity contribution in [2.45, 2.75) is 0 Å². The summed E-state index contributed by atoms with van der Waals surface area (Å²) in [6, 6.07) is 5.36. The molecule has 0 aliphatic carbocycles. The predicted molar refractivity (Wildman–Crippen MR) is 60.6 cm³/mol. The van der Waals surface area contributed by atoms with E-state index in [1.165, 1.54) is 4.90 Å². The number of methoxy groups -OCH3 is 1. The van der Waals surface area contributed by atoms with Gasteiger partial charge in [0.05, 0.1) is 7.11 Å². The van der Waals surface area contributed by atoms with Gasteiger partial charge in [-0.1, -0.05) is 0 Å². The van der Waals surface area contributed by atoms with Crippen molar-refractivity contribution >= 4 is 11.6 Å². The molecule has 0 radical (unpaired) electrons. The molecule has 0 atom stereocenters. The van der Waals surface area contributed by atoms with Gasteiger partial charge in [0.2, 0.25) is 0 Å². The van der Waals surface area contributed by atoms with Gasteiger partial charge in [0.1, 0.15) is 5.75 Å². The Morgan fingerprint density at radius 3 is 2.47 bits per heavy atom. The number of hydrogen-bond donors (Lipinski definition) is 1. The highest BCUT2D eigenvalue weighted by Crippen LogP contribution is 2.21. The molecule has 0 heterocycles. The van der Waals surface area contributed by atoms with Crippen LogP contribution in [0, 0.1) is 0 Å². The predicted octanol–water partition coefficient (Wildman–Crippen LogP) is 1.44. The van der Waals surface area contributed by atoms with Gasteiger partial charge < -0.3 is 15.0 Å². The number of amides is 1. The monoisotopic (exact) mass is 208 g/mol. The molecule has 0 spiro atoms. The third-order valence-electron chi connectivity index (χ3n) is 2.08. The van der Waals surface area contributed by atoms with E-state index in [1.807, 2.05) is 6.07 Å². The molecule has 15 heavy (non-hydrogen) atoms. The molecule has 0 saturated heterocycles. The smallest absolute Gasteiger partial charge is 0.253 e. The number of rotatable bonds is 3. The van der Waals surface area contributed by atoms with Crippen molar-refractivity contribution in [2.24, 2.45) is 0 Å². The summed E-state index contributed by atoms with van der Waals surface area (Å²) in [5.74, 6) is 0.637. The van der Waals surface area contributed by atoms with Crippen LogP contribution in [0.3, 0.4) is 0 Å². The number of benzene rings is 1. The highest BCUT2D eigenvalue weighted by molar-refractivity contribution is 5.95. The third kappa shape index (κ3) is 2.62. The molecule has 82 valence electrons. The summed E-state index contributed by atoms with van der Waals surface area (Å²) in [7, 11) is 6.83. The van der Waals surface area contributed by atoms with E-state index in [0.717, 1.165) is 5.69 Å². The maximum absolute atomic E-state index is 11.7. The Kier molecular flexibility index (Phi) is 3.55. The summed E-state index contributed by atoms with van der Waals surface area (Å²) in [5.41, 5.74) is 1.48. The quantitative estimate of drug-likeness (QED) is 0.817. The third-order valence-corrected chi connectivity index (χ3v) is 2.08. The maximum Gasteiger partial charge on any atom is 0.253 e. The number of carbonyl (C=O) groups excluding carboxylic acids is 1. The minimum absolute atomic E-state index is 0.0367. The molecule has 0 aliphatic rings. The number of hydrogen-bond acceptors (Lipinski definition) is 3. The lowest BCUT2D eigenvalue weighted by Crippen LogP contribution is -2.21. The minimum Gasteiger partial charge on any atom is -0.497 e. The van der Waals surface area contributed by atoms with Gasteiger partial charge in [0.15, 0.2) is 0 Å². The zero-order chi connectivity index (χ0) is 11.4. The van der Waals surface area contributed by atoms with Crippen molar-refractivity contribution in [1.29, 1.82) is 0 Å². The van der Waals surface area contributed by atoms with E-state index in [9.17, 15) is 4.79 Å². The van der Waals surface area contributed by atoms with Crippen LogP contribution in [0.1, 0.15) is 10.4 Å². The summed E-state index contributed by atoms with van der Waals surface area (Å²) in [4.78, 5) is 13.3. The number of ether oxygens (including phenoxy) is 1. The first-order valence-corrected chi connectivity index (χ1v) is 4.67. The molecule has 4 heteroatoms. The molecule has 0 unspecified atom stereocenters. The molecule has 1 aromatic carbocycles. The zero-order valence-electron chi connectivity index (χ0n) is 9.50. The Morgan fingerprint density at radius 1 is 1.33 bits per heavy atom. The fourth-order valence-electron chi connectivity index (χ4n) is 1.24. The first kappa shape index (κ1) is 11.4. The van der Waals surface area contributed by atoms with Crippen LogP contribution in [0.15, 0.2) is 18.2 Å². The minimum atomic E-state index is -0.0367. The second kappa shape index (κ2) is 4.68. The van der Waals surface area contributed by atoms with Crippen LogP contribution in [0.2, 0.25) is 0 Å². The molecule has 0 aromatic heterocycles. The van der Waals surface area contributed by atoms with Crippen molar-refractivity contribution in [3.05, 3.63) is 23.8 Å². The number of nitrogens with one attached hydrogen (secondary N) is 1.